The van der Waals surface area contributed by atoms with Gasteiger partial charge in [0.2, 0.25) is 5.79 Å². The van der Waals surface area contributed by atoms with Crippen molar-refractivity contribution in [3.8, 4) is 11.1 Å². The summed E-state index contributed by atoms with van der Waals surface area (Å²) in [6.07, 6.45) is 5.55. The molecule has 0 N–H and O–H groups in total. The van der Waals surface area contributed by atoms with E-state index in [4.69, 9.17) is 9.47 Å². The van der Waals surface area contributed by atoms with E-state index in [-0.39, 0.29) is 6.10 Å². The van der Waals surface area contributed by atoms with Gasteiger partial charge in [-0.2, -0.15) is 0 Å². The Bertz CT molecular complexity index is 784. The maximum absolute atomic E-state index is 6.18. The lowest BCUT2D eigenvalue weighted by Gasteiger charge is -2.29. The van der Waals surface area contributed by atoms with Gasteiger partial charge >= 0.3 is 0 Å². The van der Waals surface area contributed by atoms with Crippen LogP contribution in [0.5, 0.6) is 0 Å². The molecule has 0 saturated carbocycles. The molecule has 4 rings (SSSR count). The summed E-state index contributed by atoms with van der Waals surface area (Å²) in [6, 6.07) is 18.8. The van der Waals surface area contributed by atoms with Gasteiger partial charge in [-0.1, -0.05) is 54.6 Å². The first-order chi connectivity index (χ1) is 11.8. The van der Waals surface area contributed by atoms with Crippen molar-refractivity contribution in [2.45, 2.75) is 25.4 Å². The lowest BCUT2D eigenvalue weighted by atomic mass is 10.00. The first-order valence-corrected chi connectivity index (χ1v) is 8.19. The van der Waals surface area contributed by atoms with Gasteiger partial charge in [-0.3, -0.25) is 0 Å². The highest BCUT2D eigenvalue weighted by atomic mass is 16.7. The second-order valence-corrected chi connectivity index (χ2v) is 6.17. The molecular weight excluding hydrogens is 300 g/mol. The second-order valence-electron chi connectivity index (χ2n) is 6.17. The summed E-state index contributed by atoms with van der Waals surface area (Å²) in [5.74, 6) is -0.755. The molecule has 2 atom stereocenters. The van der Waals surface area contributed by atoms with Gasteiger partial charge in [-0.25, -0.2) is 4.98 Å². The molecular formula is C20H20N2O2. The number of benzene rings is 2. The van der Waals surface area contributed by atoms with E-state index in [0.717, 1.165) is 5.56 Å². The molecule has 1 fully saturated rings. The average Bonchev–Trinajstić information content (AvgIpc) is 3.27. The number of imidazole rings is 1. The fourth-order valence-electron chi connectivity index (χ4n) is 3.14. The molecule has 1 aliphatic heterocycles. The van der Waals surface area contributed by atoms with E-state index >= 15 is 0 Å². The first-order valence-electron chi connectivity index (χ1n) is 8.19. The third kappa shape index (κ3) is 2.86. The molecule has 0 aliphatic carbocycles. The zero-order valence-electron chi connectivity index (χ0n) is 13.6. The summed E-state index contributed by atoms with van der Waals surface area (Å²) < 4.78 is 14.3. The molecule has 3 aromatic rings. The fourth-order valence-corrected chi connectivity index (χ4v) is 3.14. The Morgan fingerprint density at radius 1 is 1.08 bits per heavy atom. The van der Waals surface area contributed by atoms with Crippen LogP contribution in [0, 0.1) is 0 Å². The van der Waals surface area contributed by atoms with Crippen molar-refractivity contribution in [3.05, 3.63) is 78.9 Å². The molecule has 0 spiro atoms. The van der Waals surface area contributed by atoms with Crippen LogP contribution in [0.4, 0.5) is 0 Å². The molecule has 1 saturated heterocycles. The topological polar surface area (TPSA) is 36.3 Å². The minimum Gasteiger partial charge on any atom is -0.342 e. The van der Waals surface area contributed by atoms with E-state index in [1.807, 2.05) is 23.8 Å². The Balaban J connectivity index is 1.66. The molecule has 122 valence electrons. The van der Waals surface area contributed by atoms with E-state index in [0.29, 0.717) is 13.2 Å². The normalized spacial score (nSPS) is 23.5. The Morgan fingerprint density at radius 3 is 2.46 bits per heavy atom. The number of hydrogen-bond acceptors (Lipinski definition) is 3. The molecule has 1 aliphatic rings. The summed E-state index contributed by atoms with van der Waals surface area (Å²) in [6.45, 7) is 3.21. The van der Waals surface area contributed by atoms with Crippen molar-refractivity contribution in [3.63, 3.8) is 0 Å². The fraction of sp³-hybridized carbons (Fsp3) is 0.250. The quantitative estimate of drug-likeness (QED) is 0.733. The Kier molecular flexibility index (Phi) is 3.92. The van der Waals surface area contributed by atoms with E-state index in [1.165, 1.54) is 11.1 Å². The van der Waals surface area contributed by atoms with Gasteiger partial charge in [-0.05, 0) is 18.1 Å². The van der Waals surface area contributed by atoms with Gasteiger partial charge in [0.15, 0.2) is 0 Å². The number of rotatable bonds is 4. The van der Waals surface area contributed by atoms with Gasteiger partial charge in [-0.15, -0.1) is 0 Å². The van der Waals surface area contributed by atoms with Crippen molar-refractivity contribution in [1.29, 1.82) is 0 Å². The number of nitrogens with zero attached hydrogens (tertiary/aromatic N) is 2. The molecule has 4 nitrogen and oxygen atoms in total. The van der Waals surface area contributed by atoms with Gasteiger partial charge in [0, 0.05) is 18.0 Å². The Labute approximate surface area is 141 Å². The standard InChI is InChI=1S/C20H20N2O2/c1-16-13-23-20(24-16,14-22-12-11-21-15-22)19-9-7-18(8-10-19)17-5-3-2-4-6-17/h2-12,15-16H,13-14H2,1H3. The first kappa shape index (κ1) is 15.1. The van der Waals surface area contributed by atoms with Crippen molar-refractivity contribution in [2.24, 2.45) is 0 Å². The van der Waals surface area contributed by atoms with Crippen molar-refractivity contribution >= 4 is 0 Å². The lowest BCUT2D eigenvalue weighted by molar-refractivity contribution is -0.185. The monoisotopic (exact) mass is 320 g/mol. The molecule has 2 aromatic carbocycles. The van der Waals surface area contributed by atoms with E-state index < -0.39 is 5.79 Å². The highest BCUT2D eigenvalue weighted by Gasteiger charge is 2.42. The molecule has 2 heterocycles. The summed E-state index contributed by atoms with van der Waals surface area (Å²) >= 11 is 0. The molecule has 0 radical (unpaired) electrons. The van der Waals surface area contributed by atoms with Crippen LogP contribution in [0.3, 0.4) is 0 Å². The maximum atomic E-state index is 6.18. The van der Waals surface area contributed by atoms with Crippen LogP contribution in [-0.2, 0) is 21.8 Å². The van der Waals surface area contributed by atoms with Crippen molar-refractivity contribution < 1.29 is 9.47 Å². The van der Waals surface area contributed by atoms with Gasteiger partial charge in [0.1, 0.15) is 0 Å². The molecule has 1 aromatic heterocycles. The third-order valence-corrected chi connectivity index (χ3v) is 4.32. The minimum atomic E-state index is -0.755. The highest BCUT2D eigenvalue weighted by molar-refractivity contribution is 5.63. The van der Waals surface area contributed by atoms with Crippen molar-refractivity contribution in [2.75, 3.05) is 6.61 Å². The summed E-state index contributed by atoms with van der Waals surface area (Å²) in [5.41, 5.74) is 3.41. The van der Waals surface area contributed by atoms with Crippen LogP contribution in [0.1, 0.15) is 12.5 Å². The van der Waals surface area contributed by atoms with Gasteiger partial charge < -0.3 is 14.0 Å². The predicted octanol–water partition coefficient (Wildman–Crippen LogP) is 3.84. The van der Waals surface area contributed by atoms with Crippen LogP contribution in [0.25, 0.3) is 11.1 Å². The summed E-state index contributed by atoms with van der Waals surface area (Å²) in [7, 11) is 0. The maximum Gasteiger partial charge on any atom is 0.213 e. The van der Waals surface area contributed by atoms with Gasteiger partial charge in [0.25, 0.3) is 0 Å². The largest absolute Gasteiger partial charge is 0.342 e. The van der Waals surface area contributed by atoms with Crippen LogP contribution in [0.15, 0.2) is 73.3 Å². The summed E-state index contributed by atoms with van der Waals surface area (Å²) in [5, 5.41) is 0. The lowest BCUT2D eigenvalue weighted by Crippen LogP contribution is -2.33. The van der Waals surface area contributed by atoms with Crippen LogP contribution in [0.2, 0.25) is 0 Å². The zero-order chi connectivity index (χ0) is 16.4. The number of ether oxygens (including phenoxy) is 2. The smallest absolute Gasteiger partial charge is 0.213 e. The SMILES string of the molecule is CC1COC(Cn2ccnc2)(c2ccc(-c3ccccc3)cc2)O1. The molecule has 0 bridgehead atoms. The van der Waals surface area contributed by atoms with Crippen LogP contribution in [-0.4, -0.2) is 22.3 Å². The third-order valence-electron chi connectivity index (χ3n) is 4.32. The van der Waals surface area contributed by atoms with E-state index in [2.05, 4.69) is 53.5 Å². The van der Waals surface area contributed by atoms with Gasteiger partial charge in [0.05, 0.1) is 25.6 Å². The van der Waals surface area contributed by atoms with E-state index in [1.54, 1.807) is 12.5 Å². The Hall–Kier alpha value is -2.43. The zero-order valence-corrected chi connectivity index (χ0v) is 13.6. The van der Waals surface area contributed by atoms with Crippen molar-refractivity contribution in [1.82, 2.24) is 9.55 Å². The van der Waals surface area contributed by atoms with Crippen LogP contribution < -0.4 is 0 Å². The molecule has 24 heavy (non-hydrogen) atoms. The molecule has 4 heteroatoms. The average molecular weight is 320 g/mol. The molecule has 2 unspecified atom stereocenters. The summed E-state index contributed by atoms with van der Waals surface area (Å²) in [4.78, 5) is 4.11. The molecule has 0 amide bonds. The van der Waals surface area contributed by atoms with Crippen LogP contribution >= 0.6 is 0 Å². The second kappa shape index (κ2) is 6.23. The Morgan fingerprint density at radius 2 is 1.83 bits per heavy atom. The number of aromatic nitrogens is 2. The highest BCUT2D eigenvalue weighted by Crippen LogP contribution is 2.36. The minimum absolute atomic E-state index is 0.0716. The van der Waals surface area contributed by atoms with E-state index in [9.17, 15) is 0 Å². The number of hydrogen-bond donors (Lipinski definition) is 0. The predicted molar refractivity (Wildman–Crippen MR) is 92.3 cm³/mol.